The molecule has 0 aliphatic heterocycles. The van der Waals surface area contributed by atoms with Gasteiger partial charge >= 0.3 is 0 Å². The van der Waals surface area contributed by atoms with Gasteiger partial charge in [-0.2, -0.15) is 0 Å². The lowest BCUT2D eigenvalue weighted by Gasteiger charge is -2.10. The molecule has 24 heavy (non-hydrogen) atoms. The van der Waals surface area contributed by atoms with Gasteiger partial charge in [-0.3, -0.25) is 0 Å². The first-order valence-corrected chi connectivity index (χ1v) is 8.49. The summed E-state index contributed by atoms with van der Waals surface area (Å²) in [6, 6.07) is 16.6. The molecule has 0 saturated heterocycles. The molecule has 0 aliphatic carbocycles. The van der Waals surface area contributed by atoms with Gasteiger partial charge in [0.1, 0.15) is 0 Å². The fourth-order valence-electron chi connectivity index (χ4n) is 2.59. The zero-order valence-corrected chi connectivity index (χ0v) is 14.7. The Morgan fingerprint density at radius 3 is 2.25 bits per heavy atom. The third kappa shape index (κ3) is 6.22. The molecule has 0 unspecified atom stereocenters. The van der Waals surface area contributed by atoms with E-state index < -0.39 is 0 Å². The van der Waals surface area contributed by atoms with Crippen LogP contribution >= 0.6 is 0 Å². The molecule has 2 N–H and O–H groups in total. The van der Waals surface area contributed by atoms with E-state index in [1.807, 2.05) is 12.1 Å². The van der Waals surface area contributed by atoms with Gasteiger partial charge in [0, 0.05) is 19.6 Å². The average Bonchev–Trinajstić information content (AvgIpc) is 2.64. The molecule has 2 aromatic carbocycles. The third-order valence-corrected chi connectivity index (χ3v) is 3.92. The van der Waals surface area contributed by atoms with E-state index in [4.69, 9.17) is 9.47 Å². The number of hydrogen-bond donors (Lipinski definition) is 2. The van der Waals surface area contributed by atoms with Crippen LogP contribution in [0.25, 0.3) is 0 Å². The fraction of sp³-hybridized carbons (Fsp3) is 0.400. The maximum Gasteiger partial charge on any atom is 0.161 e. The third-order valence-electron chi connectivity index (χ3n) is 3.92. The summed E-state index contributed by atoms with van der Waals surface area (Å²) in [5.41, 5.74) is 2.60. The quantitative estimate of drug-likeness (QED) is 0.622. The van der Waals surface area contributed by atoms with Gasteiger partial charge in [0.2, 0.25) is 0 Å². The summed E-state index contributed by atoms with van der Waals surface area (Å²) >= 11 is 0. The molecule has 0 aliphatic rings. The Labute approximate surface area is 145 Å². The first-order valence-electron chi connectivity index (χ1n) is 8.49. The minimum absolute atomic E-state index is 0.765. The van der Waals surface area contributed by atoms with Crippen LogP contribution in [0.1, 0.15) is 17.5 Å². The molecule has 0 saturated carbocycles. The van der Waals surface area contributed by atoms with Crippen molar-refractivity contribution < 1.29 is 9.47 Å². The minimum Gasteiger partial charge on any atom is -0.493 e. The summed E-state index contributed by atoms with van der Waals surface area (Å²) in [4.78, 5) is 0. The minimum atomic E-state index is 0.765. The van der Waals surface area contributed by atoms with Crippen molar-refractivity contribution in [3.63, 3.8) is 0 Å². The van der Waals surface area contributed by atoms with Crippen LogP contribution in [0.15, 0.2) is 48.5 Å². The number of methoxy groups -OCH3 is 2. The first kappa shape index (κ1) is 18.3. The fourth-order valence-corrected chi connectivity index (χ4v) is 2.59. The van der Waals surface area contributed by atoms with Gasteiger partial charge < -0.3 is 20.1 Å². The van der Waals surface area contributed by atoms with Gasteiger partial charge in [-0.15, -0.1) is 0 Å². The van der Waals surface area contributed by atoms with Crippen molar-refractivity contribution in [3.8, 4) is 11.5 Å². The van der Waals surface area contributed by atoms with E-state index in [1.165, 1.54) is 17.5 Å². The van der Waals surface area contributed by atoms with Crippen LogP contribution in [0.5, 0.6) is 11.5 Å². The molecular weight excluding hydrogens is 300 g/mol. The van der Waals surface area contributed by atoms with Crippen molar-refractivity contribution in [3.05, 3.63) is 59.7 Å². The van der Waals surface area contributed by atoms with Crippen LogP contribution in [-0.4, -0.2) is 33.9 Å². The van der Waals surface area contributed by atoms with Gasteiger partial charge in [-0.1, -0.05) is 36.4 Å². The number of ether oxygens (including phenoxy) is 2. The normalized spacial score (nSPS) is 10.6. The molecule has 4 heteroatoms. The van der Waals surface area contributed by atoms with Crippen molar-refractivity contribution >= 4 is 0 Å². The summed E-state index contributed by atoms with van der Waals surface area (Å²) in [5.74, 6) is 1.54. The topological polar surface area (TPSA) is 42.5 Å². The van der Waals surface area contributed by atoms with Gasteiger partial charge in [0.15, 0.2) is 11.5 Å². The molecule has 0 bridgehead atoms. The highest BCUT2D eigenvalue weighted by Crippen LogP contribution is 2.27. The molecule has 2 rings (SSSR count). The van der Waals surface area contributed by atoms with Gasteiger partial charge in [-0.25, -0.2) is 0 Å². The predicted octanol–water partition coefficient (Wildman–Crippen LogP) is 3.02. The molecule has 130 valence electrons. The van der Waals surface area contributed by atoms with Gasteiger partial charge in [0.05, 0.1) is 14.2 Å². The molecule has 0 spiro atoms. The molecule has 0 amide bonds. The van der Waals surface area contributed by atoms with E-state index in [-0.39, 0.29) is 0 Å². The predicted molar refractivity (Wildman–Crippen MR) is 98.9 cm³/mol. The van der Waals surface area contributed by atoms with E-state index in [9.17, 15) is 0 Å². The molecular formula is C20H28N2O2. The Kier molecular flexibility index (Phi) is 8.15. The molecule has 0 aromatic heterocycles. The first-order chi connectivity index (χ1) is 11.8. The summed E-state index contributed by atoms with van der Waals surface area (Å²) in [5, 5.41) is 6.92. The smallest absolute Gasteiger partial charge is 0.161 e. The Hall–Kier alpha value is -2.04. The maximum atomic E-state index is 5.32. The highest BCUT2D eigenvalue weighted by Gasteiger charge is 2.03. The Morgan fingerprint density at radius 1 is 0.750 bits per heavy atom. The summed E-state index contributed by atoms with van der Waals surface area (Å²) in [6.45, 7) is 3.79. The van der Waals surface area contributed by atoms with Gasteiger partial charge in [0.25, 0.3) is 0 Å². The summed E-state index contributed by atoms with van der Waals surface area (Å²) in [6.07, 6.45) is 2.30. The number of hydrogen-bond acceptors (Lipinski definition) is 4. The monoisotopic (exact) mass is 328 g/mol. The largest absolute Gasteiger partial charge is 0.493 e. The highest BCUT2D eigenvalue weighted by atomic mass is 16.5. The number of benzene rings is 2. The SMILES string of the molecule is COc1ccc(CNCCNCCCc2ccccc2)cc1OC. The molecule has 0 heterocycles. The second kappa shape index (κ2) is 10.7. The van der Waals surface area contributed by atoms with Crippen LogP contribution in [0.3, 0.4) is 0 Å². The maximum absolute atomic E-state index is 5.32. The Morgan fingerprint density at radius 2 is 1.50 bits per heavy atom. The van der Waals surface area contributed by atoms with Gasteiger partial charge in [-0.05, 0) is 42.6 Å². The summed E-state index contributed by atoms with van der Waals surface area (Å²) < 4.78 is 10.6. The van der Waals surface area contributed by atoms with E-state index in [0.29, 0.717) is 0 Å². The number of rotatable bonds is 11. The zero-order chi connectivity index (χ0) is 17.0. The molecule has 0 fully saturated rings. The van der Waals surface area contributed by atoms with Crippen molar-refractivity contribution in [1.29, 1.82) is 0 Å². The Bertz CT molecular complexity index is 587. The van der Waals surface area contributed by atoms with E-state index in [2.05, 4.69) is 47.0 Å². The van der Waals surface area contributed by atoms with Crippen molar-refractivity contribution in [2.75, 3.05) is 33.9 Å². The van der Waals surface area contributed by atoms with Crippen molar-refractivity contribution in [2.24, 2.45) is 0 Å². The lowest BCUT2D eigenvalue weighted by molar-refractivity contribution is 0.354. The average molecular weight is 328 g/mol. The van der Waals surface area contributed by atoms with Crippen molar-refractivity contribution in [2.45, 2.75) is 19.4 Å². The summed E-state index contributed by atoms with van der Waals surface area (Å²) in [7, 11) is 3.31. The number of aryl methyl sites for hydroxylation is 1. The molecule has 2 aromatic rings. The molecule has 0 atom stereocenters. The lowest BCUT2D eigenvalue weighted by Crippen LogP contribution is -2.27. The van der Waals surface area contributed by atoms with E-state index in [1.54, 1.807) is 14.2 Å². The lowest BCUT2D eigenvalue weighted by atomic mass is 10.1. The Balaban J connectivity index is 1.55. The van der Waals surface area contributed by atoms with Crippen LogP contribution in [0, 0.1) is 0 Å². The van der Waals surface area contributed by atoms with E-state index in [0.717, 1.165) is 44.1 Å². The second-order valence-electron chi connectivity index (χ2n) is 5.71. The van der Waals surface area contributed by atoms with Crippen LogP contribution in [0.4, 0.5) is 0 Å². The zero-order valence-electron chi connectivity index (χ0n) is 14.7. The second-order valence-corrected chi connectivity index (χ2v) is 5.71. The van der Waals surface area contributed by atoms with Crippen LogP contribution < -0.4 is 20.1 Å². The van der Waals surface area contributed by atoms with Crippen LogP contribution in [0.2, 0.25) is 0 Å². The molecule has 0 radical (unpaired) electrons. The standard InChI is InChI=1S/C20H28N2O2/c1-23-19-11-10-18(15-20(19)24-2)16-22-14-13-21-12-6-9-17-7-4-3-5-8-17/h3-5,7-8,10-11,15,21-22H,6,9,12-14,16H2,1-2H3. The van der Waals surface area contributed by atoms with Crippen molar-refractivity contribution in [1.82, 2.24) is 10.6 Å². The van der Waals surface area contributed by atoms with Crippen LogP contribution in [-0.2, 0) is 13.0 Å². The number of nitrogens with one attached hydrogen (secondary N) is 2. The molecule has 4 nitrogen and oxygen atoms in total. The highest BCUT2D eigenvalue weighted by molar-refractivity contribution is 5.42. The van der Waals surface area contributed by atoms with E-state index >= 15 is 0 Å².